The Kier molecular flexibility index (Phi) is 2.29. The fourth-order valence-electron chi connectivity index (χ4n) is 1.12. The van der Waals surface area contributed by atoms with Crippen LogP contribution in [-0.4, -0.2) is 11.2 Å². The highest BCUT2D eigenvalue weighted by atomic mass is 16.5. The summed E-state index contributed by atoms with van der Waals surface area (Å²) in [6.45, 7) is 5.83. The summed E-state index contributed by atoms with van der Waals surface area (Å²) in [5, 5.41) is 3.84. The number of aromatic nitrogens is 1. The van der Waals surface area contributed by atoms with Crippen molar-refractivity contribution in [2.75, 3.05) is 0 Å². The van der Waals surface area contributed by atoms with Crippen molar-refractivity contribution in [2.45, 2.75) is 33.2 Å². The zero-order valence-electron chi connectivity index (χ0n) is 7.22. The third-order valence-electron chi connectivity index (χ3n) is 1.71. The average Bonchev–Trinajstić information content (AvgIpc) is 2.18. The van der Waals surface area contributed by atoms with Crippen LogP contribution in [0.2, 0.25) is 0 Å². The van der Waals surface area contributed by atoms with Crippen LogP contribution in [0.3, 0.4) is 0 Å². The van der Waals surface area contributed by atoms with E-state index in [9.17, 15) is 0 Å². The minimum atomic E-state index is 0.173. The van der Waals surface area contributed by atoms with Crippen molar-refractivity contribution in [1.29, 1.82) is 0 Å². The molecule has 0 saturated heterocycles. The molecule has 0 bridgehead atoms. The predicted octanol–water partition coefficient (Wildman–Crippen LogP) is 1.18. The van der Waals surface area contributed by atoms with Crippen LogP contribution < -0.4 is 5.73 Å². The monoisotopic (exact) mass is 154 g/mol. The van der Waals surface area contributed by atoms with Gasteiger partial charge in [0.05, 0.1) is 5.69 Å². The Morgan fingerprint density at radius 2 is 2.18 bits per heavy atom. The van der Waals surface area contributed by atoms with E-state index in [1.54, 1.807) is 0 Å². The summed E-state index contributed by atoms with van der Waals surface area (Å²) < 4.78 is 4.99. The van der Waals surface area contributed by atoms with E-state index in [1.807, 2.05) is 20.8 Å². The van der Waals surface area contributed by atoms with Crippen LogP contribution in [-0.2, 0) is 6.42 Å². The third-order valence-corrected chi connectivity index (χ3v) is 1.71. The van der Waals surface area contributed by atoms with Crippen molar-refractivity contribution in [3.8, 4) is 0 Å². The quantitative estimate of drug-likeness (QED) is 0.696. The molecule has 0 saturated carbocycles. The summed E-state index contributed by atoms with van der Waals surface area (Å²) >= 11 is 0. The first-order valence-corrected chi connectivity index (χ1v) is 3.78. The Labute approximate surface area is 66.6 Å². The first-order chi connectivity index (χ1) is 5.11. The van der Waals surface area contributed by atoms with Gasteiger partial charge >= 0.3 is 0 Å². The molecular formula is C8H14N2O. The predicted molar refractivity (Wildman–Crippen MR) is 43.3 cm³/mol. The highest BCUT2D eigenvalue weighted by molar-refractivity contribution is 5.21. The second-order valence-corrected chi connectivity index (χ2v) is 2.98. The van der Waals surface area contributed by atoms with Crippen LogP contribution in [0.15, 0.2) is 4.52 Å². The SMILES string of the molecule is Cc1noc(C)c1C[C@H](C)N. The second-order valence-electron chi connectivity index (χ2n) is 2.98. The lowest BCUT2D eigenvalue weighted by Crippen LogP contribution is -2.18. The Balaban J connectivity index is 2.83. The lowest BCUT2D eigenvalue weighted by atomic mass is 10.1. The first-order valence-electron chi connectivity index (χ1n) is 3.78. The second kappa shape index (κ2) is 3.05. The first kappa shape index (κ1) is 8.27. The lowest BCUT2D eigenvalue weighted by Gasteiger charge is -2.02. The van der Waals surface area contributed by atoms with Crippen molar-refractivity contribution in [3.05, 3.63) is 17.0 Å². The highest BCUT2D eigenvalue weighted by Crippen LogP contribution is 2.13. The molecule has 1 aromatic heterocycles. The van der Waals surface area contributed by atoms with Crippen molar-refractivity contribution in [3.63, 3.8) is 0 Å². The van der Waals surface area contributed by atoms with Crippen molar-refractivity contribution in [2.24, 2.45) is 5.73 Å². The van der Waals surface area contributed by atoms with Gasteiger partial charge in [-0.1, -0.05) is 5.16 Å². The summed E-state index contributed by atoms with van der Waals surface area (Å²) in [5.74, 6) is 0.889. The van der Waals surface area contributed by atoms with Gasteiger partial charge in [-0.15, -0.1) is 0 Å². The molecule has 0 aliphatic heterocycles. The summed E-state index contributed by atoms with van der Waals surface area (Å²) in [6, 6.07) is 0.173. The maximum absolute atomic E-state index is 5.65. The lowest BCUT2D eigenvalue weighted by molar-refractivity contribution is 0.392. The van der Waals surface area contributed by atoms with E-state index in [2.05, 4.69) is 5.16 Å². The van der Waals surface area contributed by atoms with Gasteiger partial charge in [0.2, 0.25) is 0 Å². The zero-order chi connectivity index (χ0) is 8.43. The molecule has 2 N–H and O–H groups in total. The van der Waals surface area contributed by atoms with Gasteiger partial charge in [-0.25, -0.2) is 0 Å². The van der Waals surface area contributed by atoms with E-state index >= 15 is 0 Å². The maximum Gasteiger partial charge on any atom is 0.137 e. The van der Waals surface area contributed by atoms with Crippen molar-refractivity contribution >= 4 is 0 Å². The molecule has 3 nitrogen and oxygen atoms in total. The van der Waals surface area contributed by atoms with Gasteiger partial charge in [0.25, 0.3) is 0 Å². The van der Waals surface area contributed by atoms with Crippen LogP contribution in [0.5, 0.6) is 0 Å². The number of nitrogens with two attached hydrogens (primary N) is 1. The van der Waals surface area contributed by atoms with Crippen LogP contribution in [0, 0.1) is 13.8 Å². The van der Waals surface area contributed by atoms with Gasteiger partial charge < -0.3 is 10.3 Å². The molecule has 1 heterocycles. The third kappa shape index (κ3) is 1.80. The molecule has 11 heavy (non-hydrogen) atoms. The topological polar surface area (TPSA) is 52.0 Å². The van der Waals surface area contributed by atoms with Crippen LogP contribution >= 0.6 is 0 Å². The molecule has 0 amide bonds. The Morgan fingerprint density at radius 3 is 2.55 bits per heavy atom. The molecule has 3 heteroatoms. The number of nitrogens with zero attached hydrogens (tertiary/aromatic N) is 1. The van der Waals surface area contributed by atoms with Crippen LogP contribution in [0.1, 0.15) is 23.9 Å². The van der Waals surface area contributed by atoms with Crippen LogP contribution in [0.4, 0.5) is 0 Å². The summed E-state index contributed by atoms with van der Waals surface area (Å²) in [6.07, 6.45) is 0.848. The molecule has 0 aliphatic carbocycles. The van der Waals surface area contributed by atoms with Crippen molar-refractivity contribution < 1.29 is 4.52 Å². The average molecular weight is 154 g/mol. The molecule has 0 spiro atoms. The molecule has 1 atom stereocenters. The molecule has 62 valence electrons. The summed E-state index contributed by atoms with van der Waals surface area (Å²) in [4.78, 5) is 0. The molecule has 1 rings (SSSR count). The standard InChI is InChI=1S/C8H14N2O/c1-5(9)4-8-6(2)10-11-7(8)3/h5H,4,9H2,1-3H3/t5-/m0/s1. The number of hydrogen-bond donors (Lipinski definition) is 1. The van der Waals surface area contributed by atoms with Gasteiger partial charge in [-0.2, -0.15) is 0 Å². The van der Waals surface area contributed by atoms with Gasteiger partial charge in [-0.05, 0) is 27.2 Å². The van der Waals surface area contributed by atoms with Gasteiger partial charge in [-0.3, -0.25) is 0 Å². The molecule has 0 aliphatic rings. The van der Waals surface area contributed by atoms with Gasteiger partial charge in [0, 0.05) is 11.6 Å². The number of hydrogen-bond acceptors (Lipinski definition) is 3. The van der Waals surface area contributed by atoms with E-state index < -0.39 is 0 Å². The van der Waals surface area contributed by atoms with Crippen molar-refractivity contribution in [1.82, 2.24) is 5.16 Å². The largest absolute Gasteiger partial charge is 0.361 e. The minimum absolute atomic E-state index is 0.173. The van der Waals surface area contributed by atoms with Gasteiger partial charge in [0.15, 0.2) is 0 Å². The molecular weight excluding hydrogens is 140 g/mol. The van der Waals surface area contributed by atoms with E-state index in [0.29, 0.717) is 0 Å². The number of rotatable bonds is 2. The molecule has 0 radical (unpaired) electrons. The fraction of sp³-hybridized carbons (Fsp3) is 0.625. The summed E-state index contributed by atoms with van der Waals surface area (Å²) in [5.41, 5.74) is 7.76. The van der Waals surface area contributed by atoms with E-state index in [1.165, 1.54) is 0 Å². The minimum Gasteiger partial charge on any atom is -0.361 e. The van der Waals surface area contributed by atoms with Gasteiger partial charge in [0.1, 0.15) is 5.76 Å². The smallest absolute Gasteiger partial charge is 0.137 e. The van der Waals surface area contributed by atoms with Crippen LogP contribution in [0.25, 0.3) is 0 Å². The molecule has 0 fully saturated rings. The Hall–Kier alpha value is -0.830. The Bertz CT molecular complexity index is 221. The number of aryl methyl sites for hydroxylation is 2. The maximum atomic E-state index is 5.65. The molecule has 0 unspecified atom stereocenters. The van der Waals surface area contributed by atoms with E-state index in [-0.39, 0.29) is 6.04 Å². The normalized spacial score (nSPS) is 13.5. The molecule has 0 aromatic carbocycles. The Morgan fingerprint density at radius 1 is 1.55 bits per heavy atom. The van der Waals surface area contributed by atoms with E-state index in [4.69, 9.17) is 10.3 Å². The fourth-order valence-corrected chi connectivity index (χ4v) is 1.12. The zero-order valence-corrected chi connectivity index (χ0v) is 7.22. The molecule has 1 aromatic rings. The highest BCUT2D eigenvalue weighted by Gasteiger charge is 2.09. The summed E-state index contributed by atoms with van der Waals surface area (Å²) in [7, 11) is 0. The van der Waals surface area contributed by atoms with E-state index in [0.717, 1.165) is 23.4 Å².